The molecule has 0 radical (unpaired) electrons. The first-order valence-corrected chi connectivity index (χ1v) is 5.90. The molecular formula is C13H8N4O4. The first-order valence-electron chi connectivity index (χ1n) is 5.90. The lowest BCUT2D eigenvalue weighted by atomic mass is 10.2. The number of aromatic carboxylic acids is 1. The summed E-state index contributed by atoms with van der Waals surface area (Å²) in [5.74, 6) is -1.22. The average Bonchev–Trinajstić information content (AvgIpc) is 2.87. The van der Waals surface area contributed by atoms with Gasteiger partial charge in [0.2, 0.25) is 0 Å². The molecule has 1 N–H and O–H groups in total. The van der Waals surface area contributed by atoms with Gasteiger partial charge < -0.3 is 5.11 Å². The van der Waals surface area contributed by atoms with Crippen molar-refractivity contribution in [1.82, 2.24) is 14.8 Å². The third-order valence-corrected chi connectivity index (χ3v) is 2.95. The Balaban J connectivity index is 2.37. The number of benzene rings is 1. The zero-order valence-electron chi connectivity index (χ0n) is 10.5. The van der Waals surface area contributed by atoms with Gasteiger partial charge in [-0.05, 0) is 18.2 Å². The molecule has 0 aliphatic rings. The predicted octanol–water partition coefficient (Wildman–Crippen LogP) is 2.03. The van der Waals surface area contributed by atoms with E-state index in [1.807, 2.05) is 0 Å². The minimum absolute atomic E-state index is 0.165. The molecule has 3 rings (SSSR count). The number of aromatic nitrogens is 3. The van der Waals surface area contributed by atoms with Crippen LogP contribution in [0.3, 0.4) is 0 Å². The van der Waals surface area contributed by atoms with Gasteiger partial charge in [0, 0.05) is 12.3 Å². The van der Waals surface area contributed by atoms with Gasteiger partial charge in [-0.1, -0.05) is 12.1 Å². The van der Waals surface area contributed by atoms with Crippen molar-refractivity contribution >= 4 is 22.7 Å². The summed E-state index contributed by atoms with van der Waals surface area (Å²) in [6, 6.07) is 9.10. The minimum atomic E-state index is -1.22. The van der Waals surface area contributed by atoms with Crippen molar-refractivity contribution in [2.45, 2.75) is 0 Å². The number of para-hydroxylation sites is 2. The summed E-state index contributed by atoms with van der Waals surface area (Å²) < 4.78 is 1.18. The molecule has 8 nitrogen and oxygen atoms in total. The van der Waals surface area contributed by atoms with Crippen molar-refractivity contribution in [2.24, 2.45) is 0 Å². The molecule has 21 heavy (non-hydrogen) atoms. The van der Waals surface area contributed by atoms with Gasteiger partial charge >= 0.3 is 5.97 Å². The van der Waals surface area contributed by atoms with E-state index in [0.29, 0.717) is 5.39 Å². The number of hydrogen-bond donors (Lipinski definition) is 1. The van der Waals surface area contributed by atoms with Crippen molar-refractivity contribution in [3.8, 4) is 5.69 Å². The highest BCUT2D eigenvalue weighted by Crippen LogP contribution is 2.26. The Morgan fingerprint density at radius 2 is 2.00 bits per heavy atom. The number of nitro benzene ring substituents is 1. The van der Waals surface area contributed by atoms with Gasteiger partial charge in [-0.3, -0.25) is 10.1 Å². The summed E-state index contributed by atoms with van der Waals surface area (Å²) in [6.07, 6.45) is 1.47. The molecule has 3 aromatic rings. The fourth-order valence-electron chi connectivity index (χ4n) is 2.08. The van der Waals surface area contributed by atoms with Crippen molar-refractivity contribution in [1.29, 1.82) is 0 Å². The first-order chi connectivity index (χ1) is 10.1. The number of carbonyl (C=O) groups is 1. The molecule has 0 bridgehead atoms. The zero-order valence-corrected chi connectivity index (χ0v) is 10.5. The standard InChI is InChI=1S/C13H8N4O4/c18-13(19)11-8-4-3-7-14-12(8)16(15-11)9-5-1-2-6-10(9)17(20)21/h1-7H,(H,18,19). The maximum atomic E-state index is 11.2. The Hall–Kier alpha value is -3.29. The Labute approximate surface area is 117 Å². The topological polar surface area (TPSA) is 111 Å². The highest BCUT2D eigenvalue weighted by Gasteiger charge is 2.22. The zero-order chi connectivity index (χ0) is 15.0. The molecular weight excluding hydrogens is 276 g/mol. The van der Waals surface area contributed by atoms with E-state index in [1.54, 1.807) is 18.2 Å². The maximum Gasteiger partial charge on any atom is 0.357 e. The summed E-state index contributed by atoms with van der Waals surface area (Å²) in [4.78, 5) is 25.9. The third kappa shape index (κ3) is 1.98. The molecule has 104 valence electrons. The average molecular weight is 284 g/mol. The van der Waals surface area contributed by atoms with Crippen LogP contribution in [0.1, 0.15) is 10.5 Å². The molecule has 8 heteroatoms. The second kappa shape index (κ2) is 4.67. The lowest BCUT2D eigenvalue weighted by molar-refractivity contribution is -0.384. The second-order valence-electron chi connectivity index (χ2n) is 4.19. The van der Waals surface area contributed by atoms with Gasteiger partial charge in [0.1, 0.15) is 5.69 Å². The molecule has 0 amide bonds. The summed E-state index contributed by atoms with van der Waals surface area (Å²) in [7, 11) is 0. The number of nitrogens with zero attached hydrogens (tertiary/aromatic N) is 4. The van der Waals surface area contributed by atoms with Crippen LogP contribution in [-0.2, 0) is 0 Å². The predicted molar refractivity (Wildman–Crippen MR) is 72.5 cm³/mol. The molecule has 0 aliphatic carbocycles. The van der Waals surface area contributed by atoms with Gasteiger partial charge in [-0.2, -0.15) is 5.10 Å². The molecule has 0 aliphatic heterocycles. The Morgan fingerprint density at radius 3 is 2.71 bits per heavy atom. The van der Waals surface area contributed by atoms with E-state index in [1.165, 1.54) is 29.1 Å². The summed E-state index contributed by atoms with van der Waals surface area (Å²) in [5.41, 5.74) is 0.0450. The fraction of sp³-hybridized carbons (Fsp3) is 0. The van der Waals surface area contributed by atoms with E-state index in [4.69, 9.17) is 0 Å². The van der Waals surface area contributed by atoms with Crippen molar-refractivity contribution < 1.29 is 14.8 Å². The molecule has 0 saturated heterocycles. The van der Waals surface area contributed by atoms with E-state index >= 15 is 0 Å². The van der Waals surface area contributed by atoms with Gasteiger partial charge in [0.15, 0.2) is 11.3 Å². The third-order valence-electron chi connectivity index (χ3n) is 2.95. The molecule has 0 saturated carbocycles. The number of nitro groups is 1. The lowest BCUT2D eigenvalue weighted by Gasteiger charge is -2.03. The molecule has 1 aromatic carbocycles. The summed E-state index contributed by atoms with van der Waals surface area (Å²) in [6.45, 7) is 0. The largest absolute Gasteiger partial charge is 0.476 e. The van der Waals surface area contributed by atoms with Crippen LogP contribution in [0.5, 0.6) is 0 Å². The van der Waals surface area contributed by atoms with Crippen molar-refractivity contribution in [3.05, 3.63) is 58.4 Å². The van der Waals surface area contributed by atoms with E-state index in [2.05, 4.69) is 10.1 Å². The number of fused-ring (bicyclic) bond motifs is 1. The van der Waals surface area contributed by atoms with E-state index < -0.39 is 10.9 Å². The second-order valence-corrected chi connectivity index (χ2v) is 4.19. The Kier molecular flexibility index (Phi) is 2.83. The van der Waals surface area contributed by atoms with E-state index in [9.17, 15) is 20.0 Å². The normalized spacial score (nSPS) is 10.7. The van der Waals surface area contributed by atoms with Gasteiger partial charge in [-0.15, -0.1) is 0 Å². The number of pyridine rings is 1. The SMILES string of the molecule is O=C(O)c1nn(-c2ccccc2[N+](=O)[O-])c2ncccc12. The van der Waals surface area contributed by atoms with Gasteiger partial charge in [-0.25, -0.2) is 14.5 Å². The molecule has 0 atom stereocenters. The minimum Gasteiger partial charge on any atom is -0.476 e. The van der Waals surface area contributed by atoms with Crippen LogP contribution < -0.4 is 0 Å². The van der Waals surface area contributed by atoms with Gasteiger partial charge in [0.25, 0.3) is 5.69 Å². The Bertz CT molecular complexity index is 871. The summed E-state index contributed by atoms with van der Waals surface area (Å²) in [5, 5.41) is 24.6. The van der Waals surface area contributed by atoms with E-state index in [-0.39, 0.29) is 22.7 Å². The molecule has 0 spiro atoms. The number of carboxylic acids is 1. The molecule has 0 fully saturated rings. The fourth-order valence-corrected chi connectivity index (χ4v) is 2.08. The highest BCUT2D eigenvalue weighted by atomic mass is 16.6. The van der Waals surface area contributed by atoms with Crippen molar-refractivity contribution in [3.63, 3.8) is 0 Å². The van der Waals surface area contributed by atoms with Crippen LogP contribution in [0, 0.1) is 10.1 Å². The van der Waals surface area contributed by atoms with Crippen LogP contribution in [0.15, 0.2) is 42.6 Å². The lowest BCUT2D eigenvalue weighted by Crippen LogP contribution is -2.04. The Morgan fingerprint density at radius 1 is 1.24 bits per heavy atom. The number of rotatable bonds is 3. The molecule has 2 aromatic heterocycles. The van der Waals surface area contributed by atoms with Crippen LogP contribution in [0.4, 0.5) is 5.69 Å². The van der Waals surface area contributed by atoms with E-state index in [0.717, 1.165) is 0 Å². The molecule has 0 unspecified atom stereocenters. The smallest absolute Gasteiger partial charge is 0.357 e. The highest BCUT2D eigenvalue weighted by molar-refractivity contribution is 6.00. The van der Waals surface area contributed by atoms with Crippen LogP contribution in [0.25, 0.3) is 16.7 Å². The van der Waals surface area contributed by atoms with Crippen LogP contribution in [0.2, 0.25) is 0 Å². The van der Waals surface area contributed by atoms with Gasteiger partial charge in [0.05, 0.1) is 10.3 Å². The van der Waals surface area contributed by atoms with Crippen LogP contribution >= 0.6 is 0 Å². The monoisotopic (exact) mass is 284 g/mol. The molecule has 2 heterocycles. The summed E-state index contributed by atoms with van der Waals surface area (Å²) >= 11 is 0. The first kappa shape index (κ1) is 12.7. The van der Waals surface area contributed by atoms with Crippen LogP contribution in [-0.4, -0.2) is 30.8 Å². The maximum absolute atomic E-state index is 11.2. The van der Waals surface area contributed by atoms with Crippen molar-refractivity contribution in [2.75, 3.05) is 0 Å². The number of hydrogen-bond acceptors (Lipinski definition) is 5. The number of carboxylic acid groups (broad SMARTS) is 1. The quantitative estimate of drug-likeness (QED) is 0.581.